The van der Waals surface area contributed by atoms with Crippen LogP contribution in [0.25, 0.3) is 10.9 Å². The molecule has 3 amide bonds. The molecule has 4 unspecified atom stereocenters. The summed E-state index contributed by atoms with van der Waals surface area (Å²) in [5.41, 5.74) is 14.3. The number of carboxylic acid groups (broad SMARTS) is 1. The van der Waals surface area contributed by atoms with Crippen molar-refractivity contribution < 1.29 is 29.4 Å². The van der Waals surface area contributed by atoms with Gasteiger partial charge >= 0.3 is 5.97 Å². The molecule has 10 N–H and O–H groups in total. The number of thioether (sulfide) groups is 1. The molecule has 0 aliphatic rings. The number of benzene rings is 2. The highest BCUT2D eigenvalue weighted by Gasteiger charge is 2.30. The number of nitrogens with two attached hydrogens (primary N) is 2. The van der Waals surface area contributed by atoms with Crippen LogP contribution in [0.2, 0.25) is 0 Å². The van der Waals surface area contributed by atoms with Gasteiger partial charge < -0.3 is 42.6 Å². The molecule has 12 nitrogen and oxygen atoms in total. The molecule has 0 saturated carbocycles. The van der Waals surface area contributed by atoms with Crippen molar-refractivity contribution in [2.24, 2.45) is 11.5 Å². The summed E-state index contributed by atoms with van der Waals surface area (Å²) in [5, 5.41) is 28.2. The molecule has 4 atom stereocenters. The van der Waals surface area contributed by atoms with Crippen LogP contribution in [0.4, 0.5) is 0 Å². The predicted molar refractivity (Wildman–Crippen MR) is 171 cm³/mol. The first-order chi connectivity index (χ1) is 21.1. The second kappa shape index (κ2) is 17.3. The monoisotopic (exact) mass is 626 g/mol. The number of aromatic amines is 1. The van der Waals surface area contributed by atoms with Crippen LogP contribution in [-0.2, 0) is 32.0 Å². The Morgan fingerprint density at radius 1 is 0.864 bits per heavy atom. The van der Waals surface area contributed by atoms with E-state index in [1.54, 1.807) is 18.3 Å². The number of aromatic hydroxyl groups is 1. The number of nitrogens with one attached hydrogen (secondary N) is 4. The third kappa shape index (κ3) is 10.3. The number of unbranched alkanes of at least 4 members (excludes halogenated alkanes) is 1. The maximum atomic E-state index is 13.7. The molecule has 2 aromatic carbocycles. The molecule has 1 heterocycles. The van der Waals surface area contributed by atoms with Crippen LogP contribution in [0.15, 0.2) is 54.7 Å². The Balaban J connectivity index is 1.78. The van der Waals surface area contributed by atoms with Crippen molar-refractivity contribution in [1.29, 1.82) is 0 Å². The van der Waals surface area contributed by atoms with Crippen LogP contribution in [-0.4, -0.2) is 81.6 Å². The van der Waals surface area contributed by atoms with E-state index in [2.05, 4.69) is 20.9 Å². The number of H-pyrrole nitrogens is 1. The lowest BCUT2D eigenvalue weighted by atomic mass is 10.0. The van der Waals surface area contributed by atoms with Crippen molar-refractivity contribution in [2.45, 2.75) is 62.7 Å². The maximum absolute atomic E-state index is 13.7. The van der Waals surface area contributed by atoms with E-state index in [-0.39, 0.29) is 31.4 Å². The van der Waals surface area contributed by atoms with Crippen LogP contribution in [0.1, 0.15) is 36.8 Å². The zero-order chi connectivity index (χ0) is 32.1. The number of phenols is 1. The molecule has 0 radical (unpaired) electrons. The fourth-order valence-electron chi connectivity index (χ4n) is 4.79. The van der Waals surface area contributed by atoms with Gasteiger partial charge in [0, 0.05) is 23.5 Å². The van der Waals surface area contributed by atoms with Crippen molar-refractivity contribution in [2.75, 3.05) is 18.6 Å². The number of amides is 3. The molecule has 3 aromatic rings. The van der Waals surface area contributed by atoms with E-state index in [1.807, 2.05) is 30.5 Å². The summed E-state index contributed by atoms with van der Waals surface area (Å²) in [6.45, 7) is 0.390. The van der Waals surface area contributed by atoms with Crippen molar-refractivity contribution in [1.82, 2.24) is 20.9 Å². The summed E-state index contributed by atoms with van der Waals surface area (Å²) in [4.78, 5) is 55.1. The van der Waals surface area contributed by atoms with Gasteiger partial charge in [-0.25, -0.2) is 4.79 Å². The number of carbonyl (C=O) groups excluding carboxylic acids is 3. The summed E-state index contributed by atoms with van der Waals surface area (Å²) < 4.78 is 0. The summed E-state index contributed by atoms with van der Waals surface area (Å²) in [5.74, 6) is -2.40. The second-order valence-electron chi connectivity index (χ2n) is 10.6. The molecule has 0 spiro atoms. The Kier molecular flexibility index (Phi) is 13.5. The highest BCUT2D eigenvalue weighted by Crippen LogP contribution is 2.19. The molecule has 3 rings (SSSR count). The fraction of sp³-hybridized carbons (Fsp3) is 0.419. The van der Waals surface area contributed by atoms with E-state index < -0.39 is 47.9 Å². The van der Waals surface area contributed by atoms with Gasteiger partial charge in [0.1, 0.15) is 23.9 Å². The van der Waals surface area contributed by atoms with E-state index in [9.17, 15) is 29.4 Å². The molecule has 1 aromatic heterocycles. The molecule has 0 aliphatic carbocycles. The molecule has 13 heteroatoms. The van der Waals surface area contributed by atoms with Gasteiger partial charge in [-0.05, 0) is 80.0 Å². The minimum absolute atomic E-state index is 0.0469. The third-order valence-corrected chi connectivity index (χ3v) is 7.91. The number of aliphatic carboxylic acids is 1. The number of hydrogen-bond acceptors (Lipinski definition) is 8. The first-order valence-corrected chi connectivity index (χ1v) is 15.9. The largest absolute Gasteiger partial charge is 0.508 e. The van der Waals surface area contributed by atoms with Crippen molar-refractivity contribution in [3.8, 4) is 5.75 Å². The molecule has 44 heavy (non-hydrogen) atoms. The Hall–Kier alpha value is -4.07. The highest BCUT2D eigenvalue weighted by molar-refractivity contribution is 7.98. The van der Waals surface area contributed by atoms with E-state index in [0.29, 0.717) is 30.7 Å². The first-order valence-electron chi connectivity index (χ1n) is 14.5. The topological polar surface area (TPSA) is 213 Å². The van der Waals surface area contributed by atoms with Gasteiger partial charge in [-0.15, -0.1) is 0 Å². The van der Waals surface area contributed by atoms with Crippen molar-refractivity contribution in [3.63, 3.8) is 0 Å². The van der Waals surface area contributed by atoms with Crippen LogP contribution in [0.5, 0.6) is 5.75 Å². The minimum atomic E-state index is -1.17. The van der Waals surface area contributed by atoms with Gasteiger partial charge in [-0.1, -0.05) is 30.3 Å². The lowest BCUT2D eigenvalue weighted by Crippen LogP contribution is -2.57. The Labute approximate surface area is 260 Å². The Morgan fingerprint density at radius 3 is 2.20 bits per heavy atom. The SMILES string of the molecule is CSCCC(NC(=O)C(CCCCN)NC(=O)C(Cc1ccc(O)cc1)NC(=O)C(N)Cc1c[nH]c2ccccc12)C(=O)O. The zero-order valence-corrected chi connectivity index (χ0v) is 25.6. The number of carbonyl (C=O) groups is 4. The summed E-state index contributed by atoms with van der Waals surface area (Å²) in [7, 11) is 0. The van der Waals surface area contributed by atoms with Gasteiger partial charge in [0.05, 0.1) is 6.04 Å². The molecule has 0 fully saturated rings. The number of para-hydroxylation sites is 1. The predicted octanol–water partition coefficient (Wildman–Crippen LogP) is 1.41. The van der Waals surface area contributed by atoms with Crippen LogP contribution < -0.4 is 27.4 Å². The smallest absolute Gasteiger partial charge is 0.326 e. The normalized spacial score (nSPS) is 13.9. The Morgan fingerprint density at radius 2 is 1.52 bits per heavy atom. The van der Waals surface area contributed by atoms with E-state index in [4.69, 9.17) is 11.5 Å². The highest BCUT2D eigenvalue weighted by atomic mass is 32.2. The van der Waals surface area contributed by atoms with E-state index in [0.717, 1.165) is 16.5 Å². The average Bonchev–Trinajstić information content (AvgIpc) is 3.41. The van der Waals surface area contributed by atoms with E-state index >= 15 is 0 Å². The Bertz CT molecular complexity index is 1400. The molecule has 0 saturated heterocycles. The quantitative estimate of drug-likeness (QED) is 0.0957. The van der Waals surface area contributed by atoms with Gasteiger partial charge in [-0.3, -0.25) is 14.4 Å². The van der Waals surface area contributed by atoms with Gasteiger partial charge in [0.2, 0.25) is 17.7 Å². The maximum Gasteiger partial charge on any atom is 0.326 e. The molecule has 238 valence electrons. The minimum Gasteiger partial charge on any atom is -0.508 e. The zero-order valence-electron chi connectivity index (χ0n) is 24.8. The van der Waals surface area contributed by atoms with Gasteiger partial charge in [0.25, 0.3) is 0 Å². The van der Waals surface area contributed by atoms with Gasteiger partial charge in [-0.2, -0.15) is 11.8 Å². The van der Waals surface area contributed by atoms with Crippen LogP contribution in [0.3, 0.4) is 0 Å². The number of carboxylic acids is 1. The third-order valence-electron chi connectivity index (χ3n) is 7.27. The van der Waals surface area contributed by atoms with Crippen molar-refractivity contribution >= 4 is 46.4 Å². The fourth-order valence-corrected chi connectivity index (χ4v) is 5.26. The molecule has 0 bridgehead atoms. The number of phenolic OH excluding ortho intramolecular Hbond substituents is 1. The second-order valence-corrected chi connectivity index (χ2v) is 11.6. The number of aromatic nitrogens is 1. The number of hydrogen-bond donors (Lipinski definition) is 8. The standard InChI is InChI=1S/C31H42N6O6S/c1-44-15-13-26(31(42)43)36-29(40)25(8-4-5-14-32)35-30(41)27(16-19-9-11-21(38)12-10-19)37-28(39)23(33)17-20-18-34-24-7-3-2-6-22(20)24/h2-3,6-7,9-12,18,23,25-27,34,38H,4-5,8,13-17,32-33H2,1H3,(H,35,41)(H,36,40)(H,37,39)(H,42,43). The van der Waals surface area contributed by atoms with Crippen molar-refractivity contribution in [3.05, 3.63) is 65.9 Å². The van der Waals surface area contributed by atoms with Crippen LogP contribution in [0, 0.1) is 0 Å². The van der Waals surface area contributed by atoms with E-state index in [1.165, 1.54) is 23.9 Å². The molecular formula is C31H42N6O6S. The first kappa shape index (κ1) is 34.4. The summed E-state index contributed by atoms with van der Waals surface area (Å²) in [6, 6.07) is 9.59. The summed E-state index contributed by atoms with van der Waals surface area (Å²) >= 11 is 1.46. The van der Waals surface area contributed by atoms with Crippen LogP contribution >= 0.6 is 11.8 Å². The number of fused-ring (bicyclic) bond motifs is 1. The van der Waals surface area contributed by atoms with Gasteiger partial charge in [0.15, 0.2) is 0 Å². The lowest BCUT2D eigenvalue weighted by Gasteiger charge is -2.25. The summed E-state index contributed by atoms with van der Waals surface area (Å²) in [6.07, 6.45) is 5.48. The molecule has 0 aliphatic heterocycles. The average molecular weight is 627 g/mol. The number of rotatable bonds is 18. The lowest BCUT2D eigenvalue weighted by molar-refractivity contribution is -0.142. The molecular weight excluding hydrogens is 584 g/mol.